The molecular weight excluding hydrogens is 274 g/mol. The monoisotopic (exact) mass is 305 g/mol. The van der Waals surface area contributed by atoms with E-state index in [1.54, 1.807) is 0 Å². The molecule has 3 nitrogen and oxygen atoms in total. The Balaban J connectivity index is 2.50. The average molecular weight is 305 g/mol. The molecule has 0 unspecified atom stereocenters. The van der Waals surface area contributed by atoms with Crippen molar-refractivity contribution < 1.29 is 9.53 Å². The number of benzene rings is 1. The Kier molecular flexibility index (Phi) is 8.64. The van der Waals surface area contributed by atoms with Crippen LogP contribution in [0.3, 0.4) is 0 Å². The highest BCUT2D eigenvalue weighted by Gasteiger charge is 2.19. The van der Waals surface area contributed by atoms with Gasteiger partial charge in [-0.25, -0.2) is 0 Å². The standard InChI is InChI=1S/C19H31NO2/c1-5-8-11-16(6-2)14-20-19(21)18(7-3)22-17-12-9-10-15(4)13-17/h9-10,12-13,16,18H,5-8,11,14H2,1-4H3,(H,20,21)/t16-,18+/m1/s1. The fourth-order valence-corrected chi connectivity index (χ4v) is 2.48. The normalized spacial score (nSPS) is 13.5. The predicted molar refractivity (Wildman–Crippen MR) is 92.2 cm³/mol. The van der Waals surface area contributed by atoms with Gasteiger partial charge in [0, 0.05) is 6.54 Å². The number of hydrogen-bond donors (Lipinski definition) is 1. The Morgan fingerprint density at radius 2 is 2.00 bits per heavy atom. The van der Waals surface area contributed by atoms with Crippen LogP contribution in [0, 0.1) is 12.8 Å². The SMILES string of the molecule is CCCC[C@@H](CC)CNC(=O)[C@H](CC)Oc1cccc(C)c1. The number of nitrogens with one attached hydrogen (secondary N) is 1. The molecule has 0 aliphatic heterocycles. The molecule has 3 heteroatoms. The van der Waals surface area contributed by atoms with Crippen molar-refractivity contribution in [1.82, 2.24) is 5.32 Å². The van der Waals surface area contributed by atoms with Crippen molar-refractivity contribution in [1.29, 1.82) is 0 Å². The molecule has 0 saturated heterocycles. The lowest BCUT2D eigenvalue weighted by Crippen LogP contribution is -2.40. The van der Waals surface area contributed by atoms with Crippen molar-refractivity contribution in [3.05, 3.63) is 29.8 Å². The number of rotatable bonds is 10. The minimum atomic E-state index is -0.412. The maximum Gasteiger partial charge on any atom is 0.261 e. The minimum absolute atomic E-state index is 0.000968. The van der Waals surface area contributed by atoms with Gasteiger partial charge in [-0.05, 0) is 43.4 Å². The third-order valence-corrected chi connectivity index (χ3v) is 4.04. The van der Waals surface area contributed by atoms with E-state index in [1.165, 1.54) is 19.3 Å². The second-order valence-corrected chi connectivity index (χ2v) is 5.99. The molecule has 0 saturated carbocycles. The number of unbranched alkanes of at least 4 members (excludes halogenated alkanes) is 1. The molecule has 1 aromatic rings. The minimum Gasteiger partial charge on any atom is -0.481 e. The summed E-state index contributed by atoms with van der Waals surface area (Å²) in [5.41, 5.74) is 1.14. The van der Waals surface area contributed by atoms with Gasteiger partial charge in [-0.1, -0.05) is 52.2 Å². The second-order valence-electron chi connectivity index (χ2n) is 5.99. The molecular formula is C19H31NO2. The quantitative estimate of drug-likeness (QED) is 0.692. The predicted octanol–water partition coefficient (Wildman–Crippen LogP) is 4.49. The highest BCUT2D eigenvalue weighted by atomic mass is 16.5. The first kappa shape index (κ1) is 18.5. The highest BCUT2D eigenvalue weighted by Crippen LogP contribution is 2.16. The Bertz CT molecular complexity index is 445. The van der Waals surface area contributed by atoms with Crippen molar-refractivity contribution in [2.75, 3.05) is 6.54 Å². The van der Waals surface area contributed by atoms with Gasteiger partial charge in [0.15, 0.2) is 6.10 Å². The van der Waals surface area contributed by atoms with E-state index in [0.29, 0.717) is 12.3 Å². The maximum absolute atomic E-state index is 12.3. The summed E-state index contributed by atoms with van der Waals surface area (Å²) in [5.74, 6) is 1.33. The molecule has 0 spiro atoms. The Morgan fingerprint density at radius 1 is 1.23 bits per heavy atom. The highest BCUT2D eigenvalue weighted by molar-refractivity contribution is 5.81. The lowest BCUT2D eigenvalue weighted by atomic mass is 9.99. The van der Waals surface area contributed by atoms with Crippen molar-refractivity contribution in [2.24, 2.45) is 5.92 Å². The summed E-state index contributed by atoms with van der Waals surface area (Å²) in [6.45, 7) is 9.14. The van der Waals surface area contributed by atoms with E-state index in [4.69, 9.17) is 4.74 Å². The zero-order chi connectivity index (χ0) is 16.4. The number of amides is 1. The van der Waals surface area contributed by atoms with Gasteiger partial charge in [-0.3, -0.25) is 4.79 Å². The van der Waals surface area contributed by atoms with Crippen LogP contribution >= 0.6 is 0 Å². The summed E-state index contributed by atoms with van der Waals surface area (Å²) in [6, 6.07) is 7.84. The van der Waals surface area contributed by atoms with E-state index in [2.05, 4.69) is 19.2 Å². The second kappa shape index (κ2) is 10.3. The topological polar surface area (TPSA) is 38.3 Å². The molecule has 0 bridgehead atoms. The summed E-state index contributed by atoms with van der Waals surface area (Å²) in [6.07, 6.45) is 4.99. The molecule has 0 aliphatic carbocycles. The third kappa shape index (κ3) is 6.50. The molecule has 0 aliphatic rings. The van der Waals surface area contributed by atoms with Crippen molar-refractivity contribution >= 4 is 5.91 Å². The van der Waals surface area contributed by atoms with Crippen molar-refractivity contribution in [3.63, 3.8) is 0 Å². The number of hydrogen-bond acceptors (Lipinski definition) is 2. The van der Waals surface area contributed by atoms with Gasteiger partial charge in [-0.2, -0.15) is 0 Å². The molecule has 1 amide bonds. The van der Waals surface area contributed by atoms with Crippen LogP contribution in [0.5, 0.6) is 5.75 Å². The van der Waals surface area contributed by atoms with Crippen LogP contribution in [0.1, 0.15) is 58.4 Å². The fourth-order valence-electron chi connectivity index (χ4n) is 2.48. The van der Waals surface area contributed by atoms with Gasteiger partial charge in [-0.15, -0.1) is 0 Å². The summed E-state index contributed by atoms with van der Waals surface area (Å²) in [4.78, 5) is 12.3. The molecule has 0 aromatic heterocycles. The molecule has 1 N–H and O–H groups in total. The van der Waals surface area contributed by atoms with Gasteiger partial charge >= 0.3 is 0 Å². The molecule has 22 heavy (non-hydrogen) atoms. The molecule has 1 aromatic carbocycles. The van der Waals surface area contributed by atoms with E-state index in [9.17, 15) is 4.79 Å². The van der Waals surface area contributed by atoms with Gasteiger partial charge in [0.25, 0.3) is 5.91 Å². The van der Waals surface area contributed by atoms with Gasteiger partial charge < -0.3 is 10.1 Å². The lowest BCUT2D eigenvalue weighted by molar-refractivity contribution is -0.128. The third-order valence-electron chi connectivity index (χ3n) is 4.04. The number of ether oxygens (including phenoxy) is 1. The first-order valence-electron chi connectivity index (χ1n) is 8.61. The summed E-state index contributed by atoms with van der Waals surface area (Å²) < 4.78 is 5.84. The van der Waals surface area contributed by atoms with Crippen LogP contribution in [-0.4, -0.2) is 18.6 Å². The number of carbonyl (C=O) groups is 1. The zero-order valence-corrected chi connectivity index (χ0v) is 14.5. The largest absolute Gasteiger partial charge is 0.481 e. The number of carbonyl (C=O) groups excluding carboxylic acids is 1. The van der Waals surface area contributed by atoms with E-state index in [-0.39, 0.29) is 5.91 Å². The Morgan fingerprint density at radius 3 is 2.59 bits per heavy atom. The van der Waals surface area contributed by atoms with E-state index < -0.39 is 6.10 Å². The smallest absolute Gasteiger partial charge is 0.261 e. The zero-order valence-electron chi connectivity index (χ0n) is 14.5. The van der Waals surface area contributed by atoms with Gasteiger partial charge in [0.05, 0.1) is 0 Å². The summed E-state index contributed by atoms with van der Waals surface area (Å²) >= 11 is 0. The maximum atomic E-state index is 12.3. The average Bonchev–Trinajstić information content (AvgIpc) is 2.52. The van der Waals surface area contributed by atoms with E-state index in [1.807, 2.05) is 38.1 Å². The molecule has 0 fully saturated rings. The molecule has 0 radical (unpaired) electrons. The molecule has 2 atom stereocenters. The van der Waals surface area contributed by atoms with Crippen LogP contribution in [0.4, 0.5) is 0 Å². The molecule has 1 rings (SSSR count). The molecule has 0 heterocycles. The summed E-state index contributed by atoms with van der Waals surface area (Å²) in [5, 5.41) is 3.06. The number of aryl methyl sites for hydroxylation is 1. The van der Waals surface area contributed by atoms with Crippen molar-refractivity contribution in [3.8, 4) is 5.75 Å². The van der Waals surface area contributed by atoms with Crippen LogP contribution in [0.15, 0.2) is 24.3 Å². The van der Waals surface area contributed by atoms with E-state index in [0.717, 1.165) is 24.3 Å². The van der Waals surface area contributed by atoms with Crippen LogP contribution in [-0.2, 0) is 4.79 Å². The van der Waals surface area contributed by atoms with Crippen molar-refractivity contribution in [2.45, 2.75) is 65.9 Å². The van der Waals surface area contributed by atoms with Crippen LogP contribution in [0.25, 0.3) is 0 Å². The molecule has 124 valence electrons. The summed E-state index contributed by atoms with van der Waals surface area (Å²) in [7, 11) is 0. The fraction of sp³-hybridized carbons (Fsp3) is 0.632. The van der Waals surface area contributed by atoms with Crippen LogP contribution in [0.2, 0.25) is 0 Å². The Hall–Kier alpha value is -1.51. The van der Waals surface area contributed by atoms with Gasteiger partial charge in [0.2, 0.25) is 0 Å². The first-order chi connectivity index (χ1) is 10.6. The van der Waals surface area contributed by atoms with E-state index >= 15 is 0 Å². The van der Waals surface area contributed by atoms with Gasteiger partial charge in [0.1, 0.15) is 5.75 Å². The Labute approximate surface area is 135 Å². The first-order valence-corrected chi connectivity index (χ1v) is 8.61. The van der Waals surface area contributed by atoms with Crippen LogP contribution < -0.4 is 10.1 Å². The lowest BCUT2D eigenvalue weighted by Gasteiger charge is -2.20.